The smallest absolute Gasteiger partial charge is 0.255 e. The van der Waals surface area contributed by atoms with Crippen LogP contribution in [0.3, 0.4) is 0 Å². The fourth-order valence-corrected chi connectivity index (χ4v) is 2.74. The minimum Gasteiger partial charge on any atom is -0.366 e. The SMILES string of the molecule is O=C(c1cc[nH]c1C1CC1)N1CCOC(c2nn[nH]n2)C1. The highest BCUT2D eigenvalue weighted by atomic mass is 16.5. The number of hydrogen-bond donors (Lipinski definition) is 2. The summed E-state index contributed by atoms with van der Waals surface area (Å²) in [7, 11) is 0. The van der Waals surface area contributed by atoms with E-state index in [9.17, 15) is 4.79 Å². The summed E-state index contributed by atoms with van der Waals surface area (Å²) in [6.07, 6.45) is 3.85. The number of rotatable bonds is 3. The highest BCUT2D eigenvalue weighted by Crippen LogP contribution is 2.41. The molecule has 1 atom stereocenters. The van der Waals surface area contributed by atoms with Gasteiger partial charge in [-0.05, 0) is 24.8 Å². The number of tetrazole rings is 1. The van der Waals surface area contributed by atoms with Gasteiger partial charge in [0.1, 0.15) is 6.10 Å². The summed E-state index contributed by atoms with van der Waals surface area (Å²) in [4.78, 5) is 17.7. The highest BCUT2D eigenvalue weighted by Gasteiger charge is 2.33. The number of aromatic amines is 2. The maximum Gasteiger partial charge on any atom is 0.255 e. The van der Waals surface area contributed by atoms with Crippen LogP contribution < -0.4 is 0 Å². The fraction of sp³-hybridized carbons (Fsp3) is 0.538. The minimum absolute atomic E-state index is 0.0509. The van der Waals surface area contributed by atoms with Gasteiger partial charge in [-0.15, -0.1) is 10.2 Å². The molecule has 0 radical (unpaired) electrons. The van der Waals surface area contributed by atoms with Gasteiger partial charge in [-0.25, -0.2) is 0 Å². The summed E-state index contributed by atoms with van der Waals surface area (Å²) < 4.78 is 5.62. The Labute approximate surface area is 120 Å². The normalized spacial score (nSPS) is 22.5. The van der Waals surface area contributed by atoms with E-state index in [0.717, 1.165) is 24.1 Å². The number of H-pyrrole nitrogens is 2. The molecule has 2 N–H and O–H groups in total. The number of nitrogens with one attached hydrogen (secondary N) is 2. The van der Waals surface area contributed by atoms with Crippen LogP contribution in [0, 0.1) is 0 Å². The molecule has 0 bridgehead atoms. The van der Waals surface area contributed by atoms with Crippen molar-refractivity contribution in [1.82, 2.24) is 30.5 Å². The predicted molar refractivity (Wildman–Crippen MR) is 71.5 cm³/mol. The van der Waals surface area contributed by atoms with E-state index < -0.39 is 0 Å². The lowest BCUT2D eigenvalue weighted by Gasteiger charge is -2.31. The molecule has 2 aromatic heterocycles. The van der Waals surface area contributed by atoms with Gasteiger partial charge in [0.05, 0.1) is 18.7 Å². The van der Waals surface area contributed by atoms with Gasteiger partial charge in [0.15, 0.2) is 0 Å². The molecule has 2 aromatic rings. The van der Waals surface area contributed by atoms with Crippen LogP contribution in [0.1, 0.15) is 46.7 Å². The topological polar surface area (TPSA) is 99.8 Å². The van der Waals surface area contributed by atoms with Crippen molar-refractivity contribution in [1.29, 1.82) is 0 Å². The first-order valence-corrected chi connectivity index (χ1v) is 7.14. The zero-order valence-electron chi connectivity index (χ0n) is 11.5. The van der Waals surface area contributed by atoms with Crippen LogP contribution in [-0.2, 0) is 4.74 Å². The Hall–Kier alpha value is -2.22. The van der Waals surface area contributed by atoms with Crippen LogP contribution in [0.5, 0.6) is 0 Å². The number of carbonyl (C=O) groups excluding carboxylic acids is 1. The molecule has 0 spiro atoms. The molecule has 21 heavy (non-hydrogen) atoms. The van der Waals surface area contributed by atoms with Crippen molar-refractivity contribution in [2.75, 3.05) is 19.7 Å². The Morgan fingerprint density at radius 2 is 2.33 bits per heavy atom. The van der Waals surface area contributed by atoms with Crippen molar-refractivity contribution in [2.45, 2.75) is 24.9 Å². The molecule has 1 unspecified atom stereocenters. The fourth-order valence-electron chi connectivity index (χ4n) is 2.74. The Bertz CT molecular complexity index is 633. The Balaban J connectivity index is 1.52. The zero-order chi connectivity index (χ0) is 14.2. The van der Waals surface area contributed by atoms with E-state index in [2.05, 4.69) is 25.6 Å². The summed E-state index contributed by atoms with van der Waals surface area (Å²) in [5.74, 6) is 1.06. The van der Waals surface area contributed by atoms with Crippen LogP contribution in [0.15, 0.2) is 12.3 Å². The zero-order valence-corrected chi connectivity index (χ0v) is 11.5. The molecular formula is C13H16N6O2. The Kier molecular flexibility index (Phi) is 2.95. The molecule has 1 amide bonds. The first kappa shape index (κ1) is 12.5. The Morgan fingerprint density at radius 3 is 3.10 bits per heavy atom. The minimum atomic E-state index is -0.315. The number of aromatic nitrogens is 5. The lowest BCUT2D eigenvalue weighted by Crippen LogP contribution is -2.42. The average Bonchev–Trinajstić information content (AvgIpc) is 3.05. The van der Waals surface area contributed by atoms with Crippen molar-refractivity contribution in [3.8, 4) is 0 Å². The molecule has 2 aliphatic rings. The lowest BCUT2D eigenvalue weighted by atomic mass is 10.1. The number of ether oxygens (including phenoxy) is 1. The average molecular weight is 288 g/mol. The van der Waals surface area contributed by atoms with Gasteiger partial charge in [-0.1, -0.05) is 5.21 Å². The van der Waals surface area contributed by atoms with Gasteiger partial charge in [0.25, 0.3) is 5.91 Å². The molecule has 110 valence electrons. The van der Waals surface area contributed by atoms with Gasteiger partial charge in [-0.2, -0.15) is 5.21 Å². The summed E-state index contributed by atoms with van der Waals surface area (Å²) in [5.41, 5.74) is 1.86. The van der Waals surface area contributed by atoms with Crippen molar-refractivity contribution in [2.24, 2.45) is 0 Å². The molecule has 8 heteroatoms. The molecule has 8 nitrogen and oxygen atoms in total. The van der Waals surface area contributed by atoms with Crippen LogP contribution in [0.4, 0.5) is 0 Å². The van der Waals surface area contributed by atoms with Crippen LogP contribution in [0.2, 0.25) is 0 Å². The molecule has 3 heterocycles. The maximum atomic E-state index is 12.7. The quantitative estimate of drug-likeness (QED) is 0.862. The second-order valence-electron chi connectivity index (χ2n) is 5.46. The molecule has 1 aliphatic heterocycles. The van der Waals surface area contributed by atoms with Gasteiger partial charge in [-0.3, -0.25) is 4.79 Å². The number of carbonyl (C=O) groups is 1. The van der Waals surface area contributed by atoms with Gasteiger partial charge in [0.2, 0.25) is 5.82 Å². The van der Waals surface area contributed by atoms with E-state index >= 15 is 0 Å². The molecule has 4 rings (SSSR count). The lowest BCUT2D eigenvalue weighted by molar-refractivity contribution is -0.0268. The molecule has 1 saturated carbocycles. The van der Waals surface area contributed by atoms with Gasteiger partial charge >= 0.3 is 0 Å². The van der Waals surface area contributed by atoms with E-state index in [-0.39, 0.29) is 12.0 Å². The monoisotopic (exact) mass is 288 g/mol. The number of morpholine rings is 1. The molecule has 1 aliphatic carbocycles. The first-order chi connectivity index (χ1) is 10.3. The van der Waals surface area contributed by atoms with Crippen molar-refractivity contribution in [3.05, 3.63) is 29.3 Å². The first-order valence-electron chi connectivity index (χ1n) is 7.14. The van der Waals surface area contributed by atoms with Gasteiger partial charge in [0, 0.05) is 18.4 Å². The maximum absolute atomic E-state index is 12.7. The van der Waals surface area contributed by atoms with Crippen LogP contribution in [-0.4, -0.2) is 56.1 Å². The van der Waals surface area contributed by atoms with Crippen molar-refractivity contribution in [3.63, 3.8) is 0 Å². The molecule has 1 saturated heterocycles. The molecular weight excluding hydrogens is 272 g/mol. The molecule has 2 fully saturated rings. The summed E-state index contributed by atoms with van der Waals surface area (Å²) in [6, 6.07) is 1.87. The summed E-state index contributed by atoms with van der Waals surface area (Å²) >= 11 is 0. The Morgan fingerprint density at radius 1 is 1.43 bits per heavy atom. The largest absolute Gasteiger partial charge is 0.366 e. The third-order valence-electron chi connectivity index (χ3n) is 4.00. The second kappa shape index (κ2) is 4.96. The van der Waals surface area contributed by atoms with Crippen molar-refractivity contribution < 1.29 is 9.53 Å². The summed E-state index contributed by atoms with van der Waals surface area (Å²) in [6.45, 7) is 1.52. The summed E-state index contributed by atoms with van der Waals surface area (Å²) in [5, 5.41) is 13.8. The van der Waals surface area contributed by atoms with E-state index in [4.69, 9.17) is 4.74 Å². The van der Waals surface area contributed by atoms with Gasteiger partial charge < -0.3 is 14.6 Å². The van der Waals surface area contributed by atoms with E-state index in [1.807, 2.05) is 12.3 Å². The van der Waals surface area contributed by atoms with Crippen molar-refractivity contribution >= 4 is 5.91 Å². The van der Waals surface area contributed by atoms with E-state index in [1.54, 1.807) is 4.90 Å². The number of hydrogen-bond acceptors (Lipinski definition) is 5. The highest BCUT2D eigenvalue weighted by molar-refractivity contribution is 5.95. The standard InChI is InChI=1S/C13H16N6O2/c20-13(9-3-4-14-11(9)8-1-2-8)19-5-6-21-10(7-19)12-15-17-18-16-12/h3-4,8,10,14H,1-2,5-7H2,(H,15,16,17,18). The van der Waals surface area contributed by atoms with E-state index in [1.165, 1.54) is 0 Å². The van der Waals surface area contributed by atoms with Crippen LogP contribution in [0.25, 0.3) is 0 Å². The molecule has 0 aromatic carbocycles. The third kappa shape index (κ3) is 2.31. The number of amides is 1. The van der Waals surface area contributed by atoms with Crippen LogP contribution >= 0.6 is 0 Å². The third-order valence-corrected chi connectivity index (χ3v) is 4.00. The van der Waals surface area contributed by atoms with E-state index in [0.29, 0.717) is 31.4 Å². The second-order valence-corrected chi connectivity index (χ2v) is 5.46. The predicted octanol–water partition coefficient (Wildman–Crippen LogP) is 0.619. The number of nitrogens with zero attached hydrogens (tertiary/aromatic N) is 4.